The normalized spacial score (nSPS) is 13.2. The summed E-state index contributed by atoms with van der Waals surface area (Å²) < 4.78 is 49.0. The van der Waals surface area contributed by atoms with Crippen LogP contribution in [0.3, 0.4) is 0 Å². The van der Waals surface area contributed by atoms with Crippen LogP contribution >= 0.6 is 0 Å². The monoisotopic (exact) mass is 307 g/mol. The molecule has 0 aliphatic rings. The quantitative estimate of drug-likeness (QED) is 0.731. The summed E-state index contributed by atoms with van der Waals surface area (Å²) in [5, 5.41) is 9.39. The van der Waals surface area contributed by atoms with Crippen LogP contribution in [0.15, 0.2) is 23.1 Å². The molecule has 0 fully saturated rings. The van der Waals surface area contributed by atoms with Gasteiger partial charge in [-0.25, -0.2) is 17.5 Å². The van der Waals surface area contributed by atoms with E-state index in [0.29, 0.717) is 0 Å². The Morgan fingerprint density at radius 3 is 2.65 bits per heavy atom. The molecule has 1 rings (SSSR count). The Hall–Kier alpha value is -1.22. The van der Waals surface area contributed by atoms with Crippen molar-refractivity contribution in [3.8, 4) is 5.75 Å². The van der Waals surface area contributed by atoms with Gasteiger partial charge in [-0.05, 0) is 24.6 Å². The molecule has 0 aliphatic heterocycles. The zero-order valence-electron chi connectivity index (χ0n) is 11.3. The number of halogens is 1. The number of rotatable bonds is 8. The van der Waals surface area contributed by atoms with Gasteiger partial charge in [0, 0.05) is 13.7 Å². The first-order valence-electron chi connectivity index (χ1n) is 5.91. The molecule has 2 N–H and O–H groups in total. The molecule has 0 amide bonds. The molecule has 0 bridgehead atoms. The molecular formula is C12H18FNO5S. The molecule has 114 valence electrons. The molecule has 0 saturated carbocycles. The lowest BCUT2D eigenvalue weighted by Crippen LogP contribution is -2.28. The van der Waals surface area contributed by atoms with Crippen molar-refractivity contribution >= 4 is 10.0 Å². The van der Waals surface area contributed by atoms with Gasteiger partial charge in [0.15, 0.2) is 11.6 Å². The van der Waals surface area contributed by atoms with Crippen LogP contribution in [-0.4, -0.2) is 47.0 Å². The van der Waals surface area contributed by atoms with Crippen LogP contribution in [0.5, 0.6) is 5.75 Å². The number of hydrogen-bond donors (Lipinski definition) is 2. The van der Waals surface area contributed by atoms with Gasteiger partial charge in [0.1, 0.15) is 0 Å². The maximum atomic E-state index is 13.5. The van der Waals surface area contributed by atoms with Crippen LogP contribution in [0.4, 0.5) is 4.39 Å². The third-order valence-electron chi connectivity index (χ3n) is 2.56. The third-order valence-corrected chi connectivity index (χ3v) is 4.02. The molecule has 0 radical (unpaired) electrons. The van der Waals surface area contributed by atoms with Crippen LogP contribution in [0.25, 0.3) is 0 Å². The minimum atomic E-state index is -3.82. The SMILES string of the molecule is COCC(O)CCNS(=O)(=O)c1ccc(OC)c(F)c1. The van der Waals surface area contributed by atoms with E-state index < -0.39 is 21.9 Å². The molecule has 6 nitrogen and oxygen atoms in total. The van der Waals surface area contributed by atoms with Crippen molar-refractivity contribution in [1.82, 2.24) is 4.72 Å². The largest absolute Gasteiger partial charge is 0.494 e. The van der Waals surface area contributed by atoms with Crippen molar-refractivity contribution in [2.45, 2.75) is 17.4 Å². The van der Waals surface area contributed by atoms with Crippen molar-refractivity contribution in [2.24, 2.45) is 0 Å². The van der Waals surface area contributed by atoms with E-state index in [1.807, 2.05) is 0 Å². The third kappa shape index (κ3) is 4.71. The first-order chi connectivity index (χ1) is 9.40. The summed E-state index contributed by atoms with van der Waals surface area (Å²) in [4.78, 5) is -0.197. The van der Waals surface area contributed by atoms with Gasteiger partial charge in [-0.3, -0.25) is 0 Å². The van der Waals surface area contributed by atoms with Gasteiger partial charge in [-0.1, -0.05) is 0 Å². The maximum Gasteiger partial charge on any atom is 0.240 e. The van der Waals surface area contributed by atoms with Gasteiger partial charge in [-0.2, -0.15) is 0 Å². The summed E-state index contributed by atoms with van der Waals surface area (Å²) in [6.07, 6.45) is -0.554. The van der Waals surface area contributed by atoms with E-state index in [1.54, 1.807) is 0 Å². The maximum absolute atomic E-state index is 13.5. The van der Waals surface area contributed by atoms with E-state index >= 15 is 0 Å². The first-order valence-corrected chi connectivity index (χ1v) is 7.39. The van der Waals surface area contributed by atoms with Gasteiger partial charge in [0.2, 0.25) is 10.0 Å². The predicted octanol–water partition coefficient (Wildman–Crippen LogP) is 0.510. The van der Waals surface area contributed by atoms with Crippen LogP contribution in [0.2, 0.25) is 0 Å². The minimum Gasteiger partial charge on any atom is -0.494 e. The van der Waals surface area contributed by atoms with Gasteiger partial charge >= 0.3 is 0 Å². The van der Waals surface area contributed by atoms with E-state index in [9.17, 15) is 17.9 Å². The van der Waals surface area contributed by atoms with Gasteiger partial charge < -0.3 is 14.6 Å². The Morgan fingerprint density at radius 1 is 1.40 bits per heavy atom. The van der Waals surface area contributed by atoms with E-state index in [0.717, 1.165) is 6.07 Å². The number of aliphatic hydroxyl groups is 1. The van der Waals surface area contributed by atoms with Crippen molar-refractivity contribution in [2.75, 3.05) is 27.4 Å². The zero-order valence-corrected chi connectivity index (χ0v) is 12.1. The highest BCUT2D eigenvalue weighted by atomic mass is 32.2. The average molecular weight is 307 g/mol. The van der Waals surface area contributed by atoms with Crippen LogP contribution in [0.1, 0.15) is 6.42 Å². The number of sulfonamides is 1. The molecule has 0 aliphatic carbocycles. The number of ether oxygens (including phenoxy) is 2. The molecule has 1 unspecified atom stereocenters. The molecule has 0 aromatic heterocycles. The molecule has 0 heterocycles. The molecular weight excluding hydrogens is 289 g/mol. The Balaban J connectivity index is 2.67. The number of nitrogens with one attached hydrogen (secondary N) is 1. The van der Waals surface area contributed by atoms with Gasteiger partial charge in [-0.15, -0.1) is 0 Å². The van der Waals surface area contributed by atoms with E-state index in [-0.39, 0.29) is 30.2 Å². The molecule has 1 atom stereocenters. The fourth-order valence-electron chi connectivity index (χ4n) is 1.53. The topological polar surface area (TPSA) is 84.9 Å². The lowest BCUT2D eigenvalue weighted by Gasteiger charge is -2.11. The van der Waals surface area contributed by atoms with Crippen LogP contribution in [0, 0.1) is 5.82 Å². The van der Waals surface area contributed by atoms with Crippen LogP contribution in [-0.2, 0) is 14.8 Å². The molecule has 20 heavy (non-hydrogen) atoms. The summed E-state index contributed by atoms with van der Waals surface area (Å²) in [7, 11) is -1.08. The van der Waals surface area contributed by atoms with Crippen molar-refractivity contribution in [1.29, 1.82) is 0 Å². The van der Waals surface area contributed by atoms with E-state index in [1.165, 1.54) is 26.4 Å². The summed E-state index contributed by atoms with van der Waals surface area (Å²) >= 11 is 0. The highest BCUT2D eigenvalue weighted by Crippen LogP contribution is 2.20. The second-order valence-corrected chi connectivity index (χ2v) is 5.86. The van der Waals surface area contributed by atoms with Gasteiger partial charge in [0.25, 0.3) is 0 Å². The van der Waals surface area contributed by atoms with Crippen molar-refractivity contribution in [3.63, 3.8) is 0 Å². The Morgan fingerprint density at radius 2 is 2.10 bits per heavy atom. The Kier molecular flexibility index (Phi) is 6.34. The Bertz CT molecular complexity index is 535. The van der Waals surface area contributed by atoms with Gasteiger partial charge in [0.05, 0.1) is 24.7 Å². The summed E-state index contributed by atoms with van der Waals surface area (Å²) in [5.41, 5.74) is 0. The standard InChI is InChI=1S/C12H18FNO5S/c1-18-8-9(15)5-6-14-20(16,17)10-3-4-12(19-2)11(13)7-10/h3-4,7,9,14-15H,5-6,8H2,1-2H3. The number of benzene rings is 1. The second kappa shape index (κ2) is 7.53. The second-order valence-electron chi connectivity index (χ2n) is 4.09. The number of aliphatic hydroxyl groups excluding tert-OH is 1. The fraction of sp³-hybridized carbons (Fsp3) is 0.500. The predicted molar refractivity (Wildman–Crippen MR) is 70.6 cm³/mol. The van der Waals surface area contributed by atoms with Crippen molar-refractivity contribution in [3.05, 3.63) is 24.0 Å². The van der Waals surface area contributed by atoms with E-state index in [2.05, 4.69) is 4.72 Å². The van der Waals surface area contributed by atoms with E-state index in [4.69, 9.17) is 9.47 Å². The molecule has 1 aromatic rings. The average Bonchev–Trinajstić information content (AvgIpc) is 2.38. The zero-order chi connectivity index (χ0) is 15.2. The summed E-state index contributed by atoms with van der Waals surface area (Å²) in [6.45, 7) is 0.152. The lowest BCUT2D eigenvalue weighted by molar-refractivity contribution is 0.0603. The van der Waals surface area contributed by atoms with Crippen LogP contribution < -0.4 is 9.46 Å². The Labute approximate surface area is 117 Å². The fourth-order valence-corrected chi connectivity index (χ4v) is 2.59. The lowest BCUT2D eigenvalue weighted by atomic mass is 10.3. The summed E-state index contributed by atoms with van der Waals surface area (Å²) in [5.74, 6) is -0.783. The molecule has 1 aromatic carbocycles. The number of methoxy groups -OCH3 is 2. The highest BCUT2D eigenvalue weighted by molar-refractivity contribution is 7.89. The smallest absolute Gasteiger partial charge is 0.240 e. The van der Waals surface area contributed by atoms with Crippen molar-refractivity contribution < 1.29 is 27.4 Å². The number of hydrogen-bond acceptors (Lipinski definition) is 5. The first kappa shape index (κ1) is 16.8. The molecule has 0 saturated heterocycles. The molecule has 0 spiro atoms. The minimum absolute atomic E-state index is 0.0283. The highest BCUT2D eigenvalue weighted by Gasteiger charge is 2.16. The molecule has 8 heteroatoms. The summed E-state index contributed by atoms with van der Waals surface area (Å²) in [6, 6.07) is 3.37.